The summed E-state index contributed by atoms with van der Waals surface area (Å²) in [4.78, 5) is 14.5. The topological polar surface area (TPSA) is 58.4 Å². The van der Waals surface area contributed by atoms with Gasteiger partial charge in [0, 0.05) is 24.7 Å². The highest BCUT2D eigenvalue weighted by molar-refractivity contribution is 7.80. The van der Waals surface area contributed by atoms with E-state index in [4.69, 9.17) is 18.0 Å². The van der Waals surface area contributed by atoms with E-state index in [1.807, 2.05) is 36.1 Å². The highest BCUT2D eigenvalue weighted by Gasteiger charge is 2.32. The predicted octanol–water partition coefficient (Wildman–Crippen LogP) is 2.67. The molecule has 1 saturated carbocycles. The molecular weight excluding hydrogens is 258 g/mol. The summed E-state index contributed by atoms with van der Waals surface area (Å²) in [5.41, 5.74) is 7.49. The molecule has 102 valence electrons. The smallest absolute Gasteiger partial charge is 0.322 e. The molecule has 1 aliphatic carbocycles. The fraction of sp³-hybridized carbons (Fsp3) is 0.429. The number of thiocarbonyl (C=S) groups is 1. The Morgan fingerprint density at radius 1 is 1.42 bits per heavy atom. The number of nitrogens with two attached hydrogens (primary N) is 1. The first-order chi connectivity index (χ1) is 9.06. The van der Waals surface area contributed by atoms with Gasteiger partial charge in [0.1, 0.15) is 0 Å². The second-order valence-electron chi connectivity index (χ2n) is 4.94. The summed E-state index contributed by atoms with van der Waals surface area (Å²) in [6.45, 7) is 2.61. The fourth-order valence-electron chi connectivity index (χ4n) is 1.90. The van der Waals surface area contributed by atoms with Crippen LogP contribution in [0.25, 0.3) is 0 Å². The minimum absolute atomic E-state index is 0.0670. The van der Waals surface area contributed by atoms with Gasteiger partial charge in [0.15, 0.2) is 0 Å². The van der Waals surface area contributed by atoms with E-state index in [-0.39, 0.29) is 6.03 Å². The van der Waals surface area contributed by atoms with Gasteiger partial charge in [0.25, 0.3) is 0 Å². The SMILES string of the molecule is Cc1ccc(NC(=O)N(CCC(N)=S)C2CC2)cc1. The maximum absolute atomic E-state index is 12.2. The number of nitrogens with zero attached hydrogens (tertiary/aromatic N) is 1. The van der Waals surface area contributed by atoms with Crippen LogP contribution in [-0.2, 0) is 0 Å². The van der Waals surface area contributed by atoms with E-state index >= 15 is 0 Å². The summed E-state index contributed by atoms with van der Waals surface area (Å²) in [6.07, 6.45) is 2.71. The van der Waals surface area contributed by atoms with Crippen LogP contribution in [0.1, 0.15) is 24.8 Å². The first-order valence-electron chi connectivity index (χ1n) is 6.49. The van der Waals surface area contributed by atoms with Crippen LogP contribution in [0.5, 0.6) is 0 Å². The zero-order valence-electron chi connectivity index (χ0n) is 11.1. The second-order valence-corrected chi connectivity index (χ2v) is 5.46. The molecule has 0 unspecified atom stereocenters. The van der Waals surface area contributed by atoms with Crippen molar-refractivity contribution in [2.45, 2.75) is 32.2 Å². The molecule has 0 aromatic heterocycles. The average Bonchev–Trinajstić information content (AvgIpc) is 3.16. The monoisotopic (exact) mass is 277 g/mol. The van der Waals surface area contributed by atoms with Crippen molar-refractivity contribution in [1.82, 2.24) is 4.90 Å². The van der Waals surface area contributed by atoms with Gasteiger partial charge in [-0.3, -0.25) is 0 Å². The van der Waals surface area contributed by atoms with Gasteiger partial charge in [-0.05, 0) is 31.9 Å². The van der Waals surface area contributed by atoms with Crippen LogP contribution in [0.15, 0.2) is 24.3 Å². The molecule has 0 bridgehead atoms. The lowest BCUT2D eigenvalue weighted by Crippen LogP contribution is -2.38. The van der Waals surface area contributed by atoms with E-state index in [9.17, 15) is 4.79 Å². The van der Waals surface area contributed by atoms with E-state index in [0.29, 0.717) is 24.0 Å². The lowest BCUT2D eigenvalue weighted by molar-refractivity contribution is 0.210. The number of aryl methyl sites for hydroxylation is 1. The first-order valence-corrected chi connectivity index (χ1v) is 6.89. The molecule has 1 aromatic carbocycles. The van der Waals surface area contributed by atoms with E-state index < -0.39 is 0 Å². The van der Waals surface area contributed by atoms with Crippen LogP contribution in [0.2, 0.25) is 0 Å². The number of benzene rings is 1. The highest BCUT2D eigenvalue weighted by Crippen LogP contribution is 2.27. The van der Waals surface area contributed by atoms with Crippen LogP contribution in [0.3, 0.4) is 0 Å². The van der Waals surface area contributed by atoms with Crippen molar-refractivity contribution in [3.8, 4) is 0 Å². The van der Waals surface area contributed by atoms with Crippen LogP contribution < -0.4 is 11.1 Å². The summed E-state index contributed by atoms with van der Waals surface area (Å²) >= 11 is 4.87. The standard InChI is InChI=1S/C14H19N3OS/c1-10-2-4-11(5-3-10)16-14(18)17(12-6-7-12)9-8-13(15)19/h2-5,12H,6-9H2,1H3,(H2,15,19)(H,16,18). The van der Waals surface area contributed by atoms with Crippen molar-refractivity contribution in [2.75, 3.05) is 11.9 Å². The van der Waals surface area contributed by atoms with Gasteiger partial charge in [-0.25, -0.2) is 4.79 Å². The quantitative estimate of drug-likeness (QED) is 0.814. The maximum atomic E-state index is 12.2. The molecule has 1 fully saturated rings. The number of hydrogen-bond donors (Lipinski definition) is 2. The fourth-order valence-corrected chi connectivity index (χ4v) is 1.99. The van der Waals surface area contributed by atoms with E-state index in [1.54, 1.807) is 0 Å². The molecule has 0 saturated heterocycles. The van der Waals surface area contributed by atoms with Gasteiger partial charge in [0.05, 0.1) is 4.99 Å². The number of nitrogens with one attached hydrogen (secondary N) is 1. The number of amides is 2. The van der Waals surface area contributed by atoms with Crippen LogP contribution >= 0.6 is 12.2 Å². The molecule has 1 aliphatic rings. The summed E-state index contributed by atoms with van der Waals surface area (Å²) in [5, 5.41) is 2.92. The zero-order valence-corrected chi connectivity index (χ0v) is 11.9. The van der Waals surface area contributed by atoms with Gasteiger partial charge in [-0.1, -0.05) is 29.9 Å². The molecule has 0 aliphatic heterocycles. The van der Waals surface area contributed by atoms with E-state index in [1.165, 1.54) is 5.56 Å². The lowest BCUT2D eigenvalue weighted by atomic mass is 10.2. The molecule has 5 heteroatoms. The zero-order chi connectivity index (χ0) is 13.8. The molecule has 0 atom stereocenters. The third-order valence-electron chi connectivity index (χ3n) is 3.15. The van der Waals surface area contributed by atoms with Crippen LogP contribution in [-0.4, -0.2) is 28.5 Å². The van der Waals surface area contributed by atoms with Gasteiger partial charge < -0.3 is 16.0 Å². The molecule has 0 spiro atoms. The van der Waals surface area contributed by atoms with Crippen molar-refractivity contribution >= 4 is 28.9 Å². The minimum Gasteiger partial charge on any atom is -0.393 e. The number of hydrogen-bond acceptors (Lipinski definition) is 2. The Morgan fingerprint density at radius 3 is 2.58 bits per heavy atom. The Hall–Kier alpha value is -1.62. The molecule has 2 amide bonds. The van der Waals surface area contributed by atoms with Crippen molar-refractivity contribution < 1.29 is 4.79 Å². The van der Waals surface area contributed by atoms with E-state index in [2.05, 4.69) is 5.32 Å². The Kier molecular flexibility index (Phi) is 4.37. The number of carbonyl (C=O) groups excluding carboxylic acids is 1. The van der Waals surface area contributed by atoms with Crippen molar-refractivity contribution in [3.05, 3.63) is 29.8 Å². The summed E-state index contributed by atoms with van der Waals surface area (Å²) in [6, 6.07) is 8.05. The minimum atomic E-state index is -0.0670. The van der Waals surface area contributed by atoms with Gasteiger partial charge in [-0.2, -0.15) is 0 Å². The normalized spacial score (nSPS) is 13.9. The molecule has 0 heterocycles. The predicted molar refractivity (Wildman–Crippen MR) is 81.3 cm³/mol. The molecule has 0 radical (unpaired) electrons. The number of rotatable bonds is 5. The van der Waals surface area contributed by atoms with Crippen molar-refractivity contribution in [3.63, 3.8) is 0 Å². The molecule has 1 aromatic rings. The largest absolute Gasteiger partial charge is 0.393 e. The summed E-state index contributed by atoms with van der Waals surface area (Å²) < 4.78 is 0. The third kappa shape index (κ3) is 4.21. The number of urea groups is 1. The van der Waals surface area contributed by atoms with E-state index in [0.717, 1.165) is 18.5 Å². The van der Waals surface area contributed by atoms with Crippen LogP contribution in [0, 0.1) is 6.92 Å². The van der Waals surface area contributed by atoms with Crippen molar-refractivity contribution in [1.29, 1.82) is 0 Å². The molecule has 2 rings (SSSR count). The first kappa shape index (κ1) is 13.8. The molecular formula is C14H19N3OS. The third-order valence-corrected chi connectivity index (χ3v) is 3.35. The van der Waals surface area contributed by atoms with Gasteiger partial charge >= 0.3 is 6.03 Å². The molecule has 3 N–H and O–H groups in total. The number of anilines is 1. The lowest BCUT2D eigenvalue weighted by Gasteiger charge is -2.22. The Morgan fingerprint density at radius 2 is 2.05 bits per heavy atom. The summed E-state index contributed by atoms with van der Waals surface area (Å²) in [7, 11) is 0. The molecule has 4 nitrogen and oxygen atoms in total. The Balaban J connectivity index is 1.95. The Labute approximate surface area is 119 Å². The van der Waals surface area contributed by atoms with Gasteiger partial charge in [-0.15, -0.1) is 0 Å². The van der Waals surface area contributed by atoms with Crippen LogP contribution in [0.4, 0.5) is 10.5 Å². The average molecular weight is 277 g/mol. The molecule has 19 heavy (non-hydrogen) atoms. The second kappa shape index (κ2) is 6.02. The highest BCUT2D eigenvalue weighted by atomic mass is 32.1. The van der Waals surface area contributed by atoms with Crippen molar-refractivity contribution in [2.24, 2.45) is 5.73 Å². The summed E-state index contributed by atoms with van der Waals surface area (Å²) in [5.74, 6) is 0. The Bertz CT molecular complexity index is 468. The van der Waals surface area contributed by atoms with Gasteiger partial charge in [0.2, 0.25) is 0 Å². The number of carbonyl (C=O) groups is 1. The maximum Gasteiger partial charge on any atom is 0.322 e.